The molecule has 0 radical (unpaired) electrons. The van der Waals surface area contributed by atoms with Gasteiger partial charge in [-0.2, -0.15) is 13.2 Å². The second-order valence-electron chi connectivity index (χ2n) is 5.14. The number of fused-ring (bicyclic) bond motifs is 2. The van der Waals surface area contributed by atoms with E-state index in [2.05, 4.69) is 10.3 Å². The average molecular weight is 280 g/mol. The van der Waals surface area contributed by atoms with E-state index in [0.29, 0.717) is 11.9 Å². The molecule has 0 unspecified atom stereocenters. The minimum Gasteiger partial charge on any atom is -0.313 e. The first-order valence-corrected chi connectivity index (χ1v) is 6.67. The number of alkyl halides is 3. The van der Waals surface area contributed by atoms with Gasteiger partial charge in [0.2, 0.25) is 0 Å². The second kappa shape index (κ2) is 4.74. The Balaban J connectivity index is 2.32. The van der Waals surface area contributed by atoms with Crippen LogP contribution in [0.15, 0.2) is 18.2 Å². The standard InChI is InChI=1S/C15H15F3N2/c1-9-10-4-2-5-12(15(16,17)18)14(10)20-13-6-3-7-19-8-11(9)13/h2,4-5,19H,3,6-8H2,1H3. The van der Waals surface area contributed by atoms with Gasteiger partial charge in [-0.05, 0) is 43.5 Å². The van der Waals surface area contributed by atoms with Crippen LogP contribution in [0.3, 0.4) is 0 Å². The largest absolute Gasteiger partial charge is 0.418 e. The van der Waals surface area contributed by atoms with Crippen molar-refractivity contribution in [2.24, 2.45) is 0 Å². The van der Waals surface area contributed by atoms with E-state index in [0.717, 1.165) is 42.3 Å². The molecule has 20 heavy (non-hydrogen) atoms. The molecule has 106 valence electrons. The Hall–Kier alpha value is -1.62. The van der Waals surface area contributed by atoms with Crippen molar-refractivity contribution < 1.29 is 13.2 Å². The summed E-state index contributed by atoms with van der Waals surface area (Å²) in [5.41, 5.74) is 2.20. The Bertz CT molecular complexity index is 662. The van der Waals surface area contributed by atoms with Crippen molar-refractivity contribution in [3.05, 3.63) is 40.6 Å². The van der Waals surface area contributed by atoms with Crippen LogP contribution >= 0.6 is 0 Å². The van der Waals surface area contributed by atoms with Crippen LogP contribution in [-0.2, 0) is 19.1 Å². The minimum atomic E-state index is -4.36. The summed E-state index contributed by atoms with van der Waals surface area (Å²) in [7, 11) is 0. The van der Waals surface area contributed by atoms with E-state index in [-0.39, 0.29) is 5.52 Å². The summed E-state index contributed by atoms with van der Waals surface area (Å²) < 4.78 is 39.3. The Morgan fingerprint density at radius 3 is 2.80 bits per heavy atom. The highest BCUT2D eigenvalue weighted by Gasteiger charge is 2.33. The van der Waals surface area contributed by atoms with E-state index in [4.69, 9.17) is 0 Å². The third-order valence-electron chi connectivity index (χ3n) is 3.86. The van der Waals surface area contributed by atoms with Crippen LogP contribution in [0.2, 0.25) is 0 Å². The third-order valence-corrected chi connectivity index (χ3v) is 3.86. The molecule has 0 amide bonds. The molecular weight excluding hydrogens is 265 g/mol. The lowest BCUT2D eigenvalue weighted by Gasteiger charge is -2.15. The number of hydrogen-bond acceptors (Lipinski definition) is 2. The van der Waals surface area contributed by atoms with Crippen LogP contribution in [-0.4, -0.2) is 11.5 Å². The van der Waals surface area contributed by atoms with Crippen molar-refractivity contribution in [1.29, 1.82) is 0 Å². The van der Waals surface area contributed by atoms with Crippen molar-refractivity contribution in [3.8, 4) is 0 Å². The molecule has 0 atom stereocenters. The van der Waals surface area contributed by atoms with E-state index < -0.39 is 11.7 Å². The maximum Gasteiger partial charge on any atom is 0.418 e. The lowest BCUT2D eigenvalue weighted by atomic mass is 9.98. The Kier molecular flexibility index (Phi) is 3.17. The van der Waals surface area contributed by atoms with Crippen LogP contribution in [0.1, 0.15) is 28.8 Å². The summed E-state index contributed by atoms with van der Waals surface area (Å²) in [6.07, 6.45) is -2.74. The molecule has 1 aromatic carbocycles. The van der Waals surface area contributed by atoms with Gasteiger partial charge in [0, 0.05) is 17.6 Å². The van der Waals surface area contributed by atoms with Gasteiger partial charge < -0.3 is 5.32 Å². The first kappa shape index (κ1) is 13.4. The Morgan fingerprint density at radius 1 is 1.25 bits per heavy atom. The molecule has 1 N–H and O–H groups in total. The predicted molar refractivity (Wildman–Crippen MR) is 71.5 cm³/mol. The molecular formula is C15H15F3N2. The quantitative estimate of drug-likeness (QED) is 0.797. The van der Waals surface area contributed by atoms with Crippen LogP contribution in [0.25, 0.3) is 10.9 Å². The Morgan fingerprint density at radius 2 is 2.05 bits per heavy atom. The highest BCUT2D eigenvalue weighted by Crippen LogP contribution is 2.36. The predicted octanol–water partition coefficient (Wildman–Crippen LogP) is 3.60. The highest BCUT2D eigenvalue weighted by molar-refractivity contribution is 5.86. The third kappa shape index (κ3) is 2.16. The van der Waals surface area contributed by atoms with Gasteiger partial charge in [-0.1, -0.05) is 12.1 Å². The number of hydrogen-bond donors (Lipinski definition) is 1. The smallest absolute Gasteiger partial charge is 0.313 e. The molecule has 5 heteroatoms. The van der Waals surface area contributed by atoms with E-state index in [9.17, 15) is 13.2 Å². The lowest BCUT2D eigenvalue weighted by molar-refractivity contribution is -0.136. The summed E-state index contributed by atoms with van der Waals surface area (Å²) in [5.74, 6) is 0. The normalized spacial score (nSPS) is 16.0. The minimum absolute atomic E-state index is 0.0816. The molecule has 2 nitrogen and oxygen atoms in total. The number of aryl methyl sites for hydroxylation is 2. The number of rotatable bonds is 0. The van der Waals surface area contributed by atoms with E-state index in [1.54, 1.807) is 6.07 Å². The van der Waals surface area contributed by atoms with Gasteiger partial charge in [-0.15, -0.1) is 0 Å². The molecule has 1 aliphatic heterocycles. The van der Waals surface area contributed by atoms with Gasteiger partial charge in [0.25, 0.3) is 0 Å². The molecule has 0 bridgehead atoms. The fourth-order valence-electron chi connectivity index (χ4n) is 2.81. The van der Waals surface area contributed by atoms with Crippen molar-refractivity contribution in [2.75, 3.05) is 6.54 Å². The van der Waals surface area contributed by atoms with Gasteiger partial charge >= 0.3 is 6.18 Å². The molecule has 0 fully saturated rings. The monoisotopic (exact) mass is 280 g/mol. The van der Waals surface area contributed by atoms with Crippen molar-refractivity contribution >= 4 is 10.9 Å². The molecule has 0 saturated carbocycles. The van der Waals surface area contributed by atoms with E-state index in [1.807, 2.05) is 6.92 Å². The maximum atomic E-state index is 13.1. The SMILES string of the molecule is Cc1c2c(nc3c(C(F)(F)F)cccc13)CCCNC2. The van der Waals surface area contributed by atoms with Gasteiger partial charge in [0.1, 0.15) is 0 Å². The molecule has 3 rings (SSSR count). The molecule has 2 heterocycles. The zero-order valence-electron chi connectivity index (χ0n) is 11.1. The number of pyridine rings is 1. The van der Waals surface area contributed by atoms with Crippen LogP contribution in [0.5, 0.6) is 0 Å². The van der Waals surface area contributed by atoms with Crippen molar-refractivity contribution in [2.45, 2.75) is 32.5 Å². The van der Waals surface area contributed by atoms with E-state index in [1.165, 1.54) is 6.07 Å². The number of benzene rings is 1. The number of nitrogens with zero attached hydrogens (tertiary/aromatic N) is 1. The molecule has 1 aromatic heterocycles. The van der Waals surface area contributed by atoms with E-state index >= 15 is 0 Å². The van der Waals surface area contributed by atoms with Gasteiger partial charge in [-0.25, -0.2) is 0 Å². The first-order chi connectivity index (χ1) is 9.48. The zero-order valence-corrected chi connectivity index (χ0v) is 11.1. The average Bonchev–Trinajstić information content (AvgIpc) is 2.63. The maximum absolute atomic E-state index is 13.1. The zero-order chi connectivity index (χ0) is 14.3. The summed E-state index contributed by atoms with van der Waals surface area (Å²) in [5, 5.41) is 3.89. The molecule has 0 aliphatic carbocycles. The second-order valence-corrected chi connectivity index (χ2v) is 5.14. The fourth-order valence-corrected chi connectivity index (χ4v) is 2.81. The van der Waals surface area contributed by atoms with Crippen molar-refractivity contribution in [3.63, 3.8) is 0 Å². The van der Waals surface area contributed by atoms with Crippen molar-refractivity contribution in [1.82, 2.24) is 10.3 Å². The van der Waals surface area contributed by atoms with Crippen LogP contribution in [0.4, 0.5) is 13.2 Å². The summed E-state index contributed by atoms with van der Waals surface area (Å²) in [6, 6.07) is 4.28. The van der Waals surface area contributed by atoms with Gasteiger partial charge in [0.05, 0.1) is 11.1 Å². The molecule has 0 spiro atoms. The van der Waals surface area contributed by atoms with Crippen LogP contribution < -0.4 is 5.32 Å². The first-order valence-electron chi connectivity index (χ1n) is 6.67. The number of halogens is 3. The highest BCUT2D eigenvalue weighted by atomic mass is 19.4. The Labute approximate surface area is 115 Å². The summed E-state index contributed by atoms with van der Waals surface area (Å²) in [6.45, 7) is 3.44. The number of aromatic nitrogens is 1. The number of nitrogens with one attached hydrogen (secondary N) is 1. The fraction of sp³-hybridized carbons (Fsp3) is 0.400. The summed E-state index contributed by atoms with van der Waals surface area (Å²) in [4.78, 5) is 4.34. The van der Waals surface area contributed by atoms with Gasteiger partial charge in [-0.3, -0.25) is 4.98 Å². The van der Waals surface area contributed by atoms with Crippen LogP contribution in [0, 0.1) is 6.92 Å². The molecule has 1 aliphatic rings. The molecule has 0 saturated heterocycles. The topological polar surface area (TPSA) is 24.9 Å². The lowest BCUT2D eigenvalue weighted by Crippen LogP contribution is -2.13. The number of para-hydroxylation sites is 1. The summed E-state index contributed by atoms with van der Waals surface area (Å²) >= 11 is 0. The molecule has 2 aromatic rings. The van der Waals surface area contributed by atoms with Gasteiger partial charge in [0.15, 0.2) is 0 Å².